The molecule has 0 aliphatic rings. The molecular weight excluding hydrogens is 412 g/mol. The molecule has 31 heavy (non-hydrogen) atoms. The predicted molar refractivity (Wildman–Crippen MR) is 126 cm³/mol. The summed E-state index contributed by atoms with van der Waals surface area (Å²) in [5.41, 5.74) is 4.83. The van der Waals surface area contributed by atoms with Crippen LogP contribution in [0.1, 0.15) is 35.3 Å². The van der Waals surface area contributed by atoms with Crippen LogP contribution in [0.5, 0.6) is 0 Å². The van der Waals surface area contributed by atoms with Gasteiger partial charge in [-0.15, -0.1) is 0 Å². The molecule has 1 N–H and O–H groups in total. The van der Waals surface area contributed by atoms with Crippen molar-refractivity contribution in [1.29, 1.82) is 0 Å². The van der Waals surface area contributed by atoms with Crippen LogP contribution in [0.3, 0.4) is 0 Å². The van der Waals surface area contributed by atoms with Crippen molar-refractivity contribution in [2.45, 2.75) is 20.4 Å². The Labute approximate surface area is 186 Å². The second kappa shape index (κ2) is 10.6. The highest BCUT2D eigenvalue weighted by Gasteiger charge is 2.12. The Hall–Kier alpha value is -3.38. The number of benzene rings is 2. The van der Waals surface area contributed by atoms with Crippen molar-refractivity contribution >= 4 is 29.4 Å². The van der Waals surface area contributed by atoms with Gasteiger partial charge in [0, 0.05) is 30.0 Å². The van der Waals surface area contributed by atoms with E-state index in [1.54, 1.807) is 24.5 Å². The zero-order valence-corrected chi connectivity index (χ0v) is 18.3. The van der Waals surface area contributed by atoms with Crippen LogP contribution in [-0.4, -0.2) is 29.8 Å². The Bertz CT molecular complexity index is 1120. The van der Waals surface area contributed by atoms with Gasteiger partial charge in [-0.25, -0.2) is 5.43 Å². The van der Waals surface area contributed by atoms with Gasteiger partial charge in [-0.1, -0.05) is 41.9 Å². The average Bonchev–Trinajstić information content (AvgIpc) is 2.78. The highest BCUT2D eigenvalue weighted by Crippen LogP contribution is 2.16. The number of hydrogen-bond donors (Lipinski definition) is 1. The van der Waals surface area contributed by atoms with Gasteiger partial charge in [-0.2, -0.15) is 5.10 Å². The third-order valence-electron chi connectivity index (χ3n) is 4.96. The van der Waals surface area contributed by atoms with Crippen LogP contribution in [0.15, 0.2) is 76.8 Å². The number of halogens is 1. The Morgan fingerprint density at radius 2 is 1.77 bits per heavy atom. The highest BCUT2D eigenvalue weighted by molar-refractivity contribution is 6.31. The van der Waals surface area contributed by atoms with E-state index in [-0.39, 0.29) is 12.1 Å². The quantitative estimate of drug-likeness (QED) is 0.426. The van der Waals surface area contributed by atoms with Crippen molar-refractivity contribution in [3.63, 3.8) is 0 Å². The number of amides is 1. The van der Waals surface area contributed by atoms with E-state index in [0.29, 0.717) is 5.02 Å². The molecule has 1 heterocycles. The van der Waals surface area contributed by atoms with Crippen LogP contribution in [0, 0.1) is 0 Å². The fraction of sp³-hybridized carbons (Fsp3) is 0.208. The summed E-state index contributed by atoms with van der Waals surface area (Å²) in [4.78, 5) is 27.4. The first-order valence-electron chi connectivity index (χ1n) is 10.1. The van der Waals surface area contributed by atoms with Crippen LogP contribution < -0.4 is 15.9 Å². The van der Waals surface area contributed by atoms with Crippen LogP contribution >= 0.6 is 11.6 Å². The number of carbonyl (C=O) groups excluding carboxylic acids is 1. The summed E-state index contributed by atoms with van der Waals surface area (Å²) >= 11 is 6.18. The molecule has 3 rings (SSSR count). The predicted octanol–water partition coefficient (Wildman–Crippen LogP) is 4.16. The summed E-state index contributed by atoms with van der Waals surface area (Å²) in [6.07, 6.45) is 3.18. The molecule has 0 saturated carbocycles. The Morgan fingerprint density at radius 3 is 2.45 bits per heavy atom. The number of aromatic nitrogens is 1. The average molecular weight is 437 g/mol. The van der Waals surface area contributed by atoms with Crippen LogP contribution in [0.2, 0.25) is 5.02 Å². The van der Waals surface area contributed by atoms with Gasteiger partial charge in [0.05, 0.1) is 12.8 Å². The van der Waals surface area contributed by atoms with Gasteiger partial charge in [-0.05, 0) is 55.3 Å². The first-order chi connectivity index (χ1) is 15.0. The van der Waals surface area contributed by atoms with E-state index in [2.05, 4.69) is 29.3 Å². The highest BCUT2D eigenvalue weighted by atomic mass is 35.5. The Balaban J connectivity index is 1.68. The van der Waals surface area contributed by atoms with Crippen LogP contribution in [-0.2, 0) is 6.54 Å². The number of pyridine rings is 1. The first-order valence-corrected chi connectivity index (χ1v) is 10.5. The fourth-order valence-corrected chi connectivity index (χ4v) is 3.43. The molecule has 1 aromatic heterocycles. The summed E-state index contributed by atoms with van der Waals surface area (Å²) in [5, 5.41) is 4.56. The van der Waals surface area contributed by atoms with E-state index >= 15 is 0 Å². The van der Waals surface area contributed by atoms with Gasteiger partial charge in [0.1, 0.15) is 5.56 Å². The molecule has 0 aliphatic heterocycles. The smallest absolute Gasteiger partial charge is 0.276 e. The molecule has 3 aromatic rings. The van der Waals surface area contributed by atoms with Gasteiger partial charge < -0.3 is 9.47 Å². The Kier molecular flexibility index (Phi) is 7.62. The standard InChI is InChI=1S/C24H25ClN4O2/c1-3-28(4-2)20-13-11-18(12-14-20)16-26-27-23(30)21-9-7-15-29(24(21)31)17-19-8-5-6-10-22(19)25/h5-16H,3-4,17H2,1-2H3,(H,27,30)/b26-16-. The molecule has 0 spiro atoms. The lowest BCUT2D eigenvalue weighted by atomic mass is 10.2. The molecule has 2 aromatic carbocycles. The summed E-state index contributed by atoms with van der Waals surface area (Å²) in [6, 6.07) is 18.3. The van der Waals surface area contributed by atoms with Gasteiger partial charge in [-0.3, -0.25) is 9.59 Å². The number of rotatable bonds is 8. The van der Waals surface area contributed by atoms with E-state index in [1.807, 2.05) is 42.5 Å². The van der Waals surface area contributed by atoms with Gasteiger partial charge >= 0.3 is 0 Å². The normalized spacial score (nSPS) is 10.9. The zero-order valence-electron chi connectivity index (χ0n) is 17.6. The molecule has 0 fully saturated rings. The lowest BCUT2D eigenvalue weighted by molar-refractivity contribution is 0.0953. The second-order valence-electron chi connectivity index (χ2n) is 6.91. The van der Waals surface area contributed by atoms with Crippen molar-refractivity contribution in [3.8, 4) is 0 Å². The minimum atomic E-state index is -0.561. The lowest BCUT2D eigenvalue weighted by Crippen LogP contribution is -2.31. The molecular formula is C24H25ClN4O2. The molecule has 0 radical (unpaired) electrons. The monoisotopic (exact) mass is 436 g/mol. The summed E-state index contributed by atoms with van der Waals surface area (Å²) in [7, 11) is 0. The Morgan fingerprint density at radius 1 is 1.06 bits per heavy atom. The van der Waals surface area contributed by atoms with Gasteiger partial charge in [0.15, 0.2) is 0 Å². The summed E-state index contributed by atoms with van der Waals surface area (Å²) < 4.78 is 1.45. The fourth-order valence-electron chi connectivity index (χ4n) is 3.23. The molecule has 0 atom stereocenters. The van der Waals surface area contributed by atoms with Crippen molar-refractivity contribution in [3.05, 3.63) is 98.9 Å². The molecule has 0 aliphatic carbocycles. The van der Waals surface area contributed by atoms with Crippen molar-refractivity contribution in [2.24, 2.45) is 5.10 Å². The molecule has 1 amide bonds. The SMILES string of the molecule is CCN(CC)c1ccc(/C=N\NC(=O)c2cccn(Cc3ccccc3Cl)c2=O)cc1. The molecule has 7 heteroatoms. The number of hydrazone groups is 1. The first kappa shape index (κ1) is 22.3. The van der Waals surface area contributed by atoms with Gasteiger partial charge in [0.2, 0.25) is 0 Å². The molecule has 0 bridgehead atoms. The van der Waals surface area contributed by atoms with E-state index in [9.17, 15) is 9.59 Å². The van der Waals surface area contributed by atoms with Crippen LogP contribution in [0.25, 0.3) is 0 Å². The van der Waals surface area contributed by atoms with E-state index in [0.717, 1.165) is 29.9 Å². The van der Waals surface area contributed by atoms with Crippen LogP contribution in [0.4, 0.5) is 5.69 Å². The van der Waals surface area contributed by atoms with Crippen molar-refractivity contribution in [1.82, 2.24) is 9.99 Å². The van der Waals surface area contributed by atoms with Crippen molar-refractivity contribution < 1.29 is 4.79 Å². The maximum absolute atomic E-state index is 12.7. The number of nitrogens with zero attached hydrogens (tertiary/aromatic N) is 3. The molecule has 0 unspecified atom stereocenters. The number of nitrogens with one attached hydrogen (secondary N) is 1. The number of hydrogen-bond acceptors (Lipinski definition) is 4. The number of anilines is 1. The van der Waals surface area contributed by atoms with Crippen molar-refractivity contribution in [2.75, 3.05) is 18.0 Å². The summed E-state index contributed by atoms with van der Waals surface area (Å²) in [5.74, 6) is -0.561. The summed E-state index contributed by atoms with van der Waals surface area (Å²) in [6.45, 7) is 6.37. The maximum atomic E-state index is 12.7. The maximum Gasteiger partial charge on any atom is 0.276 e. The third-order valence-corrected chi connectivity index (χ3v) is 5.33. The zero-order chi connectivity index (χ0) is 22.2. The minimum absolute atomic E-state index is 0.0172. The molecule has 160 valence electrons. The lowest BCUT2D eigenvalue weighted by Gasteiger charge is -2.20. The largest absolute Gasteiger partial charge is 0.372 e. The topological polar surface area (TPSA) is 66.7 Å². The van der Waals surface area contributed by atoms with E-state index < -0.39 is 11.5 Å². The third kappa shape index (κ3) is 5.61. The van der Waals surface area contributed by atoms with Gasteiger partial charge in [0.25, 0.3) is 11.5 Å². The van der Waals surface area contributed by atoms with E-state index in [4.69, 9.17) is 11.6 Å². The molecule has 6 nitrogen and oxygen atoms in total. The second-order valence-corrected chi connectivity index (χ2v) is 7.32. The molecule has 0 saturated heterocycles. The number of carbonyl (C=O) groups is 1. The minimum Gasteiger partial charge on any atom is -0.372 e. The van der Waals surface area contributed by atoms with E-state index in [1.165, 1.54) is 10.6 Å².